The molecule has 4 aromatic rings. The van der Waals surface area contributed by atoms with Crippen LogP contribution in [0.15, 0.2) is 83.8 Å². The summed E-state index contributed by atoms with van der Waals surface area (Å²) in [5.41, 5.74) is 1.64. The summed E-state index contributed by atoms with van der Waals surface area (Å²) >= 11 is 0. The number of likely N-dealkylation sites (N-methyl/N-ethyl adjacent to an activating group) is 1. The van der Waals surface area contributed by atoms with Gasteiger partial charge in [-0.25, -0.2) is 8.42 Å². The predicted octanol–water partition coefficient (Wildman–Crippen LogP) is 3.99. The molecule has 0 spiro atoms. The lowest BCUT2D eigenvalue weighted by atomic mass is 10.0. The van der Waals surface area contributed by atoms with Gasteiger partial charge in [0.1, 0.15) is 38.7 Å². The summed E-state index contributed by atoms with van der Waals surface area (Å²) in [6.07, 6.45) is 0. The molecule has 1 aliphatic rings. The largest absolute Gasteiger partial charge is 0.486 e. The fraction of sp³-hybridized carbons (Fsp3) is 0.226. The van der Waals surface area contributed by atoms with Crippen molar-refractivity contribution in [1.29, 1.82) is 0 Å². The molecule has 1 heterocycles. The molecule has 224 valence electrons. The maximum Gasteiger partial charge on any atom is 0.323 e. The average Bonchev–Trinajstić information content (AvgIpc) is 2.99. The molecule has 0 fully saturated rings. The Morgan fingerprint density at radius 1 is 0.860 bits per heavy atom. The lowest BCUT2D eigenvalue weighted by Crippen LogP contribution is -2.35. The zero-order chi connectivity index (χ0) is 30.6. The minimum Gasteiger partial charge on any atom is -0.486 e. The number of carboxylic acids is 2. The minimum absolute atomic E-state index is 0.105. The minimum atomic E-state index is -4.36. The van der Waals surface area contributed by atoms with Gasteiger partial charge in [0.05, 0.1) is 10.6 Å². The van der Waals surface area contributed by atoms with Crippen molar-refractivity contribution in [3.05, 3.63) is 90.0 Å². The molecule has 1 aliphatic heterocycles. The standard InChI is InChI=1S/C31H30N2O9S/c1-32(18-28(34)35)30-25-10-6-5-9-22(25)15-23(31(30)42-20-21-7-3-2-4-8-21)17-33(19-29(36)37)43(38,39)24-11-12-26-27(16-24)41-14-13-40-26/h2-12,15-16H,13-14,17-20H2,1H3,(H,34,35)(H,36,37). The Morgan fingerprint density at radius 3 is 2.26 bits per heavy atom. The second kappa shape index (κ2) is 12.6. The van der Waals surface area contributed by atoms with Crippen LogP contribution in [0.1, 0.15) is 11.1 Å². The van der Waals surface area contributed by atoms with Gasteiger partial charge < -0.3 is 29.3 Å². The van der Waals surface area contributed by atoms with Gasteiger partial charge >= 0.3 is 11.9 Å². The van der Waals surface area contributed by atoms with Gasteiger partial charge in [-0.15, -0.1) is 0 Å². The third-order valence-electron chi connectivity index (χ3n) is 6.84. The number of sulfonamides is 1. The number of fused-ring (bicyclic) bond motifs is 2. The SMILES string of the molecule is CN(CC(=O)O)c1c(OCc2ccccc2)c(CN(CC(=O)O)S(=O)(=O)c2ccc3c(c2)OCCO3)cc2ccccc12. The number of ether oxygens (including phenoxy) is 3. The van der Waals surface area contributed by atoms with E-state index in [0.717, 1.165) is 9.87 Å². The first-order chi connectivity index (χ1) is 20.6. The highest BCUT2D eigenvalue weighted by atomic mass is 32.2. The quantitative estimate of drug-likeness (QED) is 0.243. The van der Waals surface area contributed by atoms with E-state index < -0.39 is 28.5 Å². The molecule has 5 rings (SSSR count). The zero-order valence-corrected chi connectivity index (χ0v) is 24.1. The second-order valence-corrected chi connectivity index (χ2v) is 11.9. The number of aliphatic carboxylic acids is 2. The molecule has 0 atom stereocenters. The summed E-state index contributed by atoms with van der Waals surface area (Å²) in [6.45, 7) is -0.872. The smallest absolute Gasteiger partial charge is 0.323 e. The molecule has 0 amide bonds. The van der Waals surface area contributed by atoms with Crippen molar-refractivity contribution in [2.24, 2.45) is 0 Å². The van der Waals surface area contributed by atoms with Crippen molar-refractivity contribution in [2.45, 2.75) is 18.0 Å². The van der Waals surface area contributed by atoms with Crippen molar-refractivity contribution in [2.75, 3.05) is 38.3 Å². The highest BCUT2D eigenvalue weighted by molar-refractivity contribution is 7.89. The van der Waals surface area contributed by atoms with Gasteiger partial charge in [0.2, 0.25) is 10.0 Å². The van der Waals surface area contributed by atoms with Crippen LogP contribution in [0.4, 0.5) is 5.69 Å². The van der Waals surface area contributed by atoms with Gasteiger partial charge in [0.15, 0.2) is 11.5 Å². The number of anilines is 1. The van der Waals surface area contributed by atoms with E-state index in [-0.39, 0.29) is 42.7 Å². The van der Waals surface area contributed by atoms with Crippen LogP contribution in [0.2, 0.25) is 0 Å². The maximum absolute atomic E-state index is 13.9. The molecular formula is C31H30N2O9S. The first-order valence-corrected chi connectivity index (χ1v) is 14.8. The van der Waals surface area contributed by atoms with Crippen LogP contribution in [0, 0.1) is 0 Å². The number of nitrogens with zero attached hydrogens (tertiary/aromatic N) is 2. The van der Waals surface area contributed by atoms with E-state index >= 15 is 0 Å². The van der Waals surface area contributed by atoms with E-state index in [4.69, 9.17) is 14.2 Å². The Bertz CT molecular complexity index is 1760. The van der Waals surface area contributed by atoms with E-state index in [1.807, 2.05) is 48.5 Å². The number of hydrogen-bond donors (Lipinski definition) is 2. The van der Waals surface area contributed by atoms with Crippen molar-refractivity contribution in [1.82, 2.24) is 4.31 Å². The maximum atomic E-state index is 13.9. The van der Waals surface area contributed by atoms with Crippen LogP contribution < -0.4 is 19.1 Å². The summed E-state index contributed by atoms with van der Waals surface area (Å²) in [7, 11) is -2.76. The number of rotatable bonds is 12. The van der Waals surface area contributed by atoms with Crippen molar-refractivity contribution >= 4 is 38.4 Å². The van der Waals surface area contributed by atoms with E-state index in [1.54, 1.807) is 19.2 Å². The average molecular weight is 607 g/mol. The molecule has 12 heteroatoms. The molecule has 0 aliphatic carbocycles. The topological polar surface area (TPSA) is 143 Å². The predicted molar refractivity (Wildman–Crippen MR) is 158 cm³/mol. The fourth-order valence-electron chi connectivity index (χ4n) is 4.94. The molecule has 0 bridgehead atoms. The van der Waals surface area contributed by atoms with Gasteiger partial charge in [-0.1, -0.05) is 54.6 Å². The molecule has 11 nitrogen and oxygen atoms in total. The van der Waals surface area contributed by atoms with Crippen molar-refractivity contribution < 1.29 is 42.4 Å². The van der Waals surface area contributed by atoms with Crippen molar-refractivity contribution in [3.63, 3.8) is 0 Å². The third-order valence-corrected chi connectivity index (χ3v) is 8.63. The van der Waals surface area contributed by atoms with Crippen LogP contribution in [0.5, 0.6) is 17.2 Å². The van der Waals surface area contributed by atoms with Crippen LogP contribution in [0.25, 0.3) is 10.8 Å². The van der Waals surface area contributed by atoms with E-state index in [1.165, 1.54) is 23.1 Å². The highest BCUT2D eigenvalue weighted by Crippen LogP contribution is 2.41. The number of carbonyl (C=O) groups is 2. The molecule has 4 aromatic carbocycles. The van der Waals surface area contributed by atoms with Crippen molar-refractivity contribution in [3.8, 4) is 17.2 Å². The fourth-order valence-corrected chi connectivity index (χ4v) is 6.32. The van der Waals surface area contributed by atoms with Gasteiger partial charge in [0, 0.05) is 30.6 Å². The molecule has 43 heavy (non-hydrogen) atoms. The summed E-state index contributed by atoms with van der Waals surface area (Å²) in [6, 6.07) is 22.4. The normalized spacial score (nSPS) is 12.7. The number of benzene rings is 4. The molecule has 2 N–H and O–H groups in total. The zero-order valence-electron chi connectivity index (χ0n) is 23.3. The summed E-state index contributed by atoms with van der Waals surface area (Å²) in [5, 5.41) is 20.7. The van der Waals surface area contributed by atoms with E-state index in [2.05, 4.69) is 0 Å². The van der Waals surface area contributed by atoms with Gasteiger partial charge in [0.25, 0.3) is 0 Å². The van der Waals surface area contributed by atoms with E-state index in [0.29, 0.717) is 34.4 Å². The Labute approximate surface area is 248 Å². The Morgan fingerprint density at radius 2 is 1.53 bits per heavy atom. The number of carboxylic acid groups (broad SMARTS) is 2. The number of hydrogen-bond acceptors (Lipinski definition) is 8. The van der Waals surface area contributed by atoms with Crippen LogP contribution in [-0.4, -0.2) is 68.2 Å². The Balaban J connectivity index is 1.63. The highest BCUT2D eigenvalue weighted by Gasteiger charge is 2.31. The van der Waals surface area contributed by atoms with Gasteiger partial charge in [-0.3, -0.25) is 9.59 Å². The van der Waals surface area contributed by atoms with Crippen LogP contribution >= 0.6 is 0 Å². The lowest BCUT2D eigenvalue weighted by molar-refractivity contribution is -0.137. The molecule has 0 unspecified atom stereocenters. The first-order valence-electron chi connectivity index (χ1n) is 13.4. The molecule has 0 saturated carbocycles. The van der Waals surface area contributed by atoms with Crippen LogP contribution in [-0.2, 0) is 32.8 Å². The van der Waals surface area contributed by atoms with E-state index in [9.17, 15) is 28.2 Å². The Hall–Kier alpha value is -4.81. The molecular weight excluding hydrogens is 576 g/mol. The Kier molecular flexibility index (Phi) is 8.69. The monoisotopic (exact) mass is 606 g/mol. The second-order valence-electron chi connectivity index (χ2n) is 9.93. The summed E-state index contributed by atoms with van der Waals surface area (Å²) in [4.78, 5) is 25.0. The molecule has 0 aromatic heterocycles. The lowest BCUT2D eigenvalue weighted by Gasteiger charge is -2.28. The summed E-state index contributed by atoms with van der Waals surface area (Å²) in [5.74, 6) is -1.53. The molecule has 0 radical (unpaired) electrons. The van der Waals surface area contributed by atoms with Gasteiger partial charge in [-0.2, -0.15) is 4.31 Å². The first kappa shape index (κ1) is 29.7. The van der Waals surface area contributed by atoms with Gasteiger partial charge in [-0.05, 0) is 29.1 Å². The molecule has 0 saturated heterocycles. The summed E-state index contributed by atoms with van der Waals surface area (Å²) < 4.78 is 46.1. The van der Waals surface area contributed by atoms with Crippen LogP contribution in [0.3, 0.4) is 0 Å². The third kappa shape index (κ3) is 6.65.